The molecule has 0 amide bonds. The Morgan fingerprint density at radius 2 is 2.06 bits per heavy atom. The zero-order valence-electron chi connectivity index (χ0n) is 22.3. The number of aryl methyl sites for hydroxylation is 2. The Morgan fingerprint density at radius 1 is 1.17 bits per heavy atom. The normalized spacial score (nSPS) is 18.1. The molecule has 1 aliphatic rings. The maximum atomic E-state index is 13.2. The van der Waals surface area contributed by atoms with Gasteiger partial charge in [-0.2, -0.15) is 5.26 Å². The molecule has 1 atom stereocenters. The van der Waals surface area contributed by atoms with Crippen molar-refractivity contribution in [3.8, 4) is 22.9 Å². The van der Waals surface area contributed by atoms with E-state index in [1.165, 1.54) is 6.07 Å². The maximum Gasteiger partial charge on any atom is 0.251 e. The highest BCUT2D eigenvalue weighted by Crippen LogP contribution is 2.38. The summed E-state index contributed by atoms with van der Waals surface area (Å²) >= 11 is 0. The van der Waals surface area contributed by atoms with Gasteiger partial charge in [-0.05, 0) is 47.0 Å². The number of nitrogens with zero attached hydrogens (tertiary/aromatic N) is 5. The van der Waals surface area contributed by atoms with Crippen molar-refractivity contribution in [2.24, 2.45) is 19.8 Å². The van der Waals surface area contributed by atoms with E-state index < -0.39 is 18.1 Å². The third kappa shape index (κ3) is 3.14. The van der Waals surface area contributed by atoms with Crippen molar-refractivity contribution in [2.75, 3.05) is 0 Å². The number of rotatable bonds is 1. The van der Waals surface area contributed by atoms with Crippen LogP contribution in [-0.4, -0.2) is 19.1 Å². The molecule has 0 radical (unpaired) electrons. The molecule has 36 heavy (non-hydrogen) atoms. The summed E-state index contributed by atoms with van der Waals surface area (Å²) in [5.41, 5.74) is 9.37. The van der Waals surface area contributed by atoms with Crippen molar-refractivity contribution in [3.63, 3.8) is 0 Å². The van der Waals surface area contributed by atoms with Crippen LogP contribution >= 0.6 is 0 Å². The number of nitrogens with two attached hydrogens (primary N) is 1. The van der Waals surface area contributed by atoms with Gasteiger partial charge in [0.1, 0.15) is 29.7 Å². The van der Waals surface area contributed by atoms with Crippen molar-refractivity contribution >= 4 is 10.9 Å². The number of fused-ring (bicyclic) bond motifs is 6. The molecule has 0 saturated carbocycles. The van der Waals surface area contributed by atoms with E-state index in [4.69, 9.17) is 14.6 Å². The standard InChI is InChI=1S/C28H22N6O2/c1-33-16-31-14-26(33)28(30)19-6-7-25-23(10-19)22(11-27(35)34(25)2)17-4-3-5-21(9-17)36-15-18-8-20(28)13-32-24(18)12-29/h3-11,13-14,16H,15,30H2,1-2H3/i2D3. The number of benzene rings is 2. The first-order valence-electron chi connectivity index (χ1n) is 12.7. The molecule has 0 fully saturated rings. The lowest BCUT2D eigenvalue weighted by molar-refractivity contribution is 0.305. The molecule has 0 spiro atoms. The average molecular weight is 478 g/mol. The molecule has 5 aromatic rings. The number of ether oxygens (including phenoxy) is 1. The van der Waals surface area contributed by atoms with E-state index in [0.717, 1.165) is 4.57 Å². The molecule has 0 saturated heterocycles. The molecule has 8 heteroatoms. The second-order valence-corrected chi connectivity index (χ2v) is 8.82. The Balaban J connectivity index is 1.78. The molecule has 0 aliphatic carbocycles. The molecule has 3 aromatic heterocycles. The van der Waals surface area contributed by atoms with Gasteiger partial charge in [0, 0.05) is 46.9 Å². The summed E-state index contributed by atoms with van der Waals surface area (Å²) < 4.78 is 32.8. The smallest absolute Gasteiger partial charge is 0.251 e. The second kappa shape index (κ2) is 7.90. The molecular formula is C28H22N6O2. The van der Waals surface area contributed by atoms with Gasteiger partial charge in [0.05, 0.1) is 23.7 Å². The largest absolute Gasteiger partial charge is 0.489 e. The van der Waals surface area contributed by atoms with Gasteiger partial charge in [0.25, 0.3) is 5.56 Å². The number of imidazole rings is 1. The van der Waals surface area contributed by atoms with Crippen LogP contribution in [0.5, 0.6) is 5.75 Å². The number of hydrogen-bond acceptors (Lipinski definition) is 6. The summed E-state index contributed by atoms with van der Waals surface area (Å²) in [5.74, 6) is 0.510. The maximum absolute atomic E-state index is 13.2. The summed E-state index contributed by atoms with van der Waals surface area (Å²) in [6.45, 7) is -2.64. The van der Waals surface area contributed by atoms with Crippen LogP contribution in [0.3, 0.4) is 0 Å². The molecule has 1 aliphatic heterocycles. The Labute approximate surface area is 211 Å². The van der Waals surface area contributed by atoms with Crippen LogP contribution in [-0.2, 0) is 26.2 Å². The summed E-state index contributed by atoms with van der Waals surface area (Å²) in [6.07, 6.45) is 4.85. The minimum atomic E-state index is -2.70. The van der Waals surface area contributed by atoms with Gasteiger partial charge in [0.2, 0.25) is 0 Å². The minimum Gasteiger partial charge on any atom is -0.489 e. The van der Waals surface area contributed by atoms with Crippen LogP contribution in [0, 0.1) is 11.3 Å². The molecule has 2 aromatic carbocycles. The Morgan fingerprint density at radius 3 is 2.83 bits per heavy atom. The van der Waals surface area contributed by atoms with Gasteiger partial charge < -0.3 is 19.6 Å². The fourth-order valence-electron chi connectivity index (χ4n) is 4.87. The monoisotopic (exact) mass is 477 g/mol. The van der Waals surface area contributed by atoms with E-state index in [0.29, 0.717) is 44.6 Å². The van der Waals surface area contributed by atoms with Crippen LogP contribution in [0.1, 0.15) is 32.2 Å². The van der Waals surface area contributed by atoms with Crippen LogP contribution in [0.25, 0.3) is 22.0 Å². The van der Waals surface area contributed by atoms with E-state index in [9.17, 15) is 10.1 Å². The summed E-state index contributed by atoms with van der Waals surface area (Å²) in [5, 5.41) is 10.2. The van der Waals surface area contributed by atoms with Crippen LogP contribution in [0.4, 0.5) is 0 Å². The average Bonchev–Trinajstić information content (AvgIpc) is 3.35. The molecule has 1 unspecified atom stereocenters. The third-order valence-corrected chi connectivity index (χ3v) is 6.76. The second-order valence-electron chi connectivity index (χ2n) is 8.82. The first-order chi connectivity index (χ1) is 18.6. The summed E-state index contributed by atoms with van der Waals surface area (Å²) in [7, 11) is 1.82. The molecule has 4 heterocycles. The van der Waals surface area contributed by atoms with Gasteiger partial charge in [-0.25, -0.2) is 9.97 Å². The fourth-order valence-corrected chi connectivity index (χ4v) is 4.87. The number of aromatic nitrogens is 4. The van der Waals surface area contributed by atoms with Crippen molar-refractivity contribution in [1.29, 1.82) is 5.26 Å². The van der Waals surface area contributed by atoms with E-state index in [-0.39, 0.29) is 17.8 Å². The molecule has 6 rings (SSSR count). The van der Waals surface area contributed by atoms with Crippen molar-refractivity contribution in [2.45, 2.75) is 12.1 Å². The summed E-state index contributed by atoms with van der Waals surface area (Å²) in [4.78, 5) is 21.8. The van der Waals surface area contributed by atoms with Crippen LogP contribution < -0.4 is 16.0 Å². The van der Waals surface area contributed by atoms with Crippen molar-refractivity contribution in [1.82, 2.24) is 19.1 Å². The lowest BCUT2D eigenvalue weighted by Crippen LogP contribution is -2.41. The lowest BCUT2D eigenvalue weighted by Gasteiger charge is -2.31. The van der Waals surface area contributed by atoms with Gasteiger partial charge in [-0.3, -0.25) is 4.79 Å². The third-order valence-electron chi connectivity index (χ3n) is 6.76. The highest BCUT2D eigenvalue weighted by atomic mass is 16.5. The molecule has 176 valence electrons. The van der Waals surface area contributed by atoms with E-state index in [1.807, 2.05) is 19.2 Å². The number of nitriles is 1. The van der Waals surface area contributed by atoms with Crippen molar-refractivity contribution in [3.05, 3.63) is 112 Å². The SMILES string of the molecule is [2H]C([2H])([2H])n1c(=O)cc2c3cc(ccc31)C(N)(c1cncn1C)c1cnc(C#N)c(c1)COc1cccc-2c1. The van der Waals surface area contributed by atoms with Gasteiger partial charge in [-0.1, -0.05) is 18.2 Å². The van der Waals surface area contributed by atoms with Crippen LogP contribution in [0.15, 0.2) is 78.1 Å². The zero-order valence-corrected chi connectivity index (χ0v) is 19.3. The Kier molecular flexibility index (Phi) is 4.08. The first kappa shape index (κ1) is 18.6. The van der Waals surface area contributed by atoms with Gasteiger partial charge in [-0.15, -0.1) is 0 Å². The minimum absolute atomic E-state index is 0.0578. The van der Waals surface area contributed by atoms with E-state index >= 15 is 0 Å². The van der Waals surface area contributed by atoms with E-state index in [2.05, 4.69) is 16.0 Å². The molecule has 6 bridgehead atoms. The molecule has 8 nitrogen and oxygen atoms in total. The topological polar surface area (TPSA) is 112 Å². The zero-order chi connectivity index (χ0) is 27.5. The predicted molar refractivity (Wildman–Crippen MR) is 135 cm³/mol. The molecule has 2 N–H and O–H groups in total. The number of pyridine rings is 2. The van der Waals surface area contributed by atoms with Crippen molar-refractivity contribution < 1.29 is 8.85 Å². The summed E-state index contributed by atoms with van der Waals surface area (Å²) in [6, 6.07) is 17.5. The fraction of sp³-hybridized carbons (Fsp3) is 0.143. The highest BCUT2D eigenvalue weighted by Gasteiger charge is 2.36. The quantitative estimate of drug-likeness (QED) is 0.396. The predicted octanol–water partition coefficient (Wildman–Crippen LogP) is 3.35. The number of hydrogen-bond donors (Lipinski definition) is 1. The Bertz CT molecular complexity index is 1890. The van der Waals surface area contributed by atoms with Crippen LogP contribution in [0.2, 0.25) is 0 Å². The van der Waals surface area contributed by atoms with Gasteiger partial charge in [0.15, 0.2) is 0 Å². The highest BCUT2D eigenvalue weighted by molar-refractivity contribution is 5.95. The molecular weight excluding hydrogens is 452 g/mol. The Hall–Kier alpha value is -4.74. The van der Waals surface area contributed by atoms with E-state index in [1.54, 1.807) is 59.7 Å². The first-order valence-corrected chi connectivity index (χ1v) is 11.2. The lowest BCUT2D eigenvalue weighted by atomic mass is 9.80. The van der Waals surface area contributed by atoms with Gasteiger partial charge >= 0.3 is 0 Å².